The smallest absolute Gasteiger partial charge is 0.174 e. The molecule has 2 rings (SSSR count). The minimum atomic E-state index is -0.0135. The van der Waals surface area contributed by atoms with Crippen LogP contribution in [0.15, 0.2) is 47.4 Å². The Balaban J connectivity index is 2.02. The van der Waals surface area contributed by atoms with Crippen molar-refractivity contribution in [2.75, 3.05) is 5.75 Å². The van der Waals surface area contributed by atoms with Crippen molar-refractivity contribution in [1.82, 2.24) is 0 Å². The molecular formula is C17H16Cl2OS. The lowest BCUT2D eigenvalue weighted by Gasteiger charge is -2.07. The molecule has 0 bridgehead atoms. The molecule has 0 radical (unpaired) electrons. The van der Waals surface area contributed by atoms with Gasteiger partial charge < -0.3 is 0 Å². The third-order valence-corrected chi connectivity index (χ3v) is 4.72. The molecule has 1 nitrogen and oxygen atoms in total. The van der Waals surface area contributed by atoms with E-state index in [4.69, 9.17) is 23.2 Å². The average molecular weight is 339 g/mol. The second-order valence-electron chi connectivity index (χ2n) is 5.06. The van der Waals surface area contributed by atoms with Gasteiger partial charge in [-0.15, -0.1) is 11.8 Å². The third kappa shape index (κ3) is 4.50. The van der Waals surface area contributed by atoms with Crippen LogP contribution in [0.1, 0.15) is 35.7 Å². The molecule has 0 saturated carbocycles. The number of hydrogen-bond donors (Lipinski definition) is 0. The van der Waals surface area contributed by atoms with E-state index in [-0.39, 0.29) is 5.78 Å². The van der Waals surface area contributed by atoms with Crippen molar-refractivity contribution in [3.63, 3.8) is 0 Å². The van der Waals surface area contributed by atoms with Crippen molar-refractivity contribution < 1.29 is 4.79 Å². The summed E-state index contributed by atoms with van der Waals surface area (Å²) < 4.78 is 0. The average Bonchev–Trinajstić information content (AvgIpc) is 2.47. The van der Waals surface area contributed by atoms with E-state index in [9.17, 15) is 4.79 Å². The van der Waals surface area contributed by atoms with Crippen molar-refractivity contribution in [3.8, 4) is 0 Å². The lowest BCUT2D eigenvalue weighted by molar-refractivity contribution is 0.102. The van der Waals surface area contributed by atoms with E-state index in [1.807, 2.05) is 12.1 Å². The second kappa shape index (κ2) is 7.35. The Morgan fingerprint density at radius 3 is 2.38 bits per heavy atom. The Hall–Kier alpha value is -0.960. The van der Waals surface area contributed by atoms with Crippen molar-refractivity contribution >= 4 is 40.7 Å². The van der Waals surface area contributed by atoms with Gasteiger partial charge in [-0.25, -0.2) is 0 Å². The van der Waals surface area contributed by atoms with Crippen molar-refractivity contribution in [2.24, 2.45) is 0 Å². The molecule has 21 heavy (non-hydrogen) atoms. The van der Waals surface area contributed by atoms with Crippen LogP contribution in [-0.2, 0) is 0 Å². The number of halogens is 2. The Bertz CT molecular complexity index is 636. The number of hydrogen-bond acceptors (Lipinski definition) is 2. The van der Waals surface area contributed by atoms with Crippen LogP contribution in [0.3, 0.4) is 0 Å². The van der Waals surface area contributed by atoms with E-state index in [0.717, 1.165) is 4.90 Å². The highest BCUT2D eigenvalue weighted by Gasteiger charge is 2.11. The Morgan fingerprint density at radius 2 is 1.76 bits per heavy atom. The zero-order valence-corrected chi connectivity index (χ0v) is 14.2. The standard InChI is InChI=1S/C17H16Cl2OS/c1-11(2)12-3-6-14(7-4-12)21-10-17(20)15-9-13(18)5-8-16(15)19/h3-9,11H,10H2,1-2H3. The molecule has 0 aliphatic rings. The van der Waals surface area contributed by atoms with Gasteiger partial charge >= 0.3 is 0 Å². The van der Waals surface area contributed by atoms with Crippen LogP contribution in [0, 0.1) is 0 Å². The molecule has 0 N–H and O–H groups in total. The first-order valence-electron chi connectivity index (χ1n) is 6.68. The normalized spacial score (nSPS) is 10.9. The summed E-state index contributed by atoms with van der Waals surface area (Å²) in [5.41, 5.74) is 1.78. The van der Waals surface area contributed by atoms with Gasteiger partial charge in [-0.2, -0.15) is 0 Å². The van der Waals surface area contributed by atoms with Crippen LogP contribution in [0.5, 0.6) is 0 Å². The quantitative estimate of drug-likeness (QED) is 0.484. The maximum Gasteiger partial charge on any atom is 0.174 e. The molecule has 0 saturated heterocycles. The predicted octanol–water partition coefficient (Wildman–Crippen LogP) is 6.09. The van der Waals surface area contributed by atoms with E-state index in [2.05, 4.69) is 26.0 Å². The van der Waals surface area contributed by atoms with E-state index in [0.29, 0.717) is 27.3 Å². The lowest BCUT2D eigenvalue weighted by Crippen LogP contribution is -2.03. The number of ketones is 1. The van der Waals surface area contributed by atoms with Crippen LogP contribution >= 0.6 is 35.0 Å². The van der Waals surface area contributed by atoms with Gasteiger partial charge in [-0.05, 0) is 41.8 Å². The molecule has 2 aromatic carbocycles. The van der Waals surface area contributed by atoms with Crippen LogP contribution < -0.4 is 0 Å². The van der Waals surface area contributed by atoms with Crippen molar-refractivity contribution in [2.45, 2.75) is 24.7 Å². The van der Waals surface area contributed by atoms with Crippen molar-refractivity contribution in [3.05, 3.63) is 63.6 Å². The van der Waals surface area contributed by atoms with Crippen LogP contribution in [0.2, 0.25) is 10.0 Å². The molecule has 0 unspecified atom stereocenters. The Morgan fingerprint density at radius 1 is 1.10 bits per heavy atom. The highest BCUT2D eigenvalue weighted by Crippen LogP contribution is 2.25. The van der Waals surface area contributed by atoms with Gasteiger partial charge in [-0.1, -0.05) is 49.2 Å². The first-order valence-corrected chi connectivity index (χ1v) is 8.42. The van der Waals surface area contributed by atoms with Gasteiger partial charge in [0.2, 0.25) is 0 Å². The van der Waals surface area contributed by atoms with E-state index in [1.165, 1.54) is 17.3 Å². The number of rotatable bonds is 5. The molecule has 0 aliphatic carbocycles. The SMILES string of the molecule is CC(C)c1ccc(SCC(=O)c2cc(Cl)ccc2Cl)cc1. The van der Waals surface area contributed by atoms with Gasteiger partial charge in [0.05, 0.1) is 10.8 Å². The van der Waals surface area contributed by atoms with Gasteiger partial charge in [0, 0.05) is 15.5 Å². The highest BCUT2D eigenvalue weighted by molar-refractivity contribution is 8.00. The summed E-state index contributed by atoms with van der Waals surface area (Å²) in [6.07, 6.45) is 0. The van der Waals surface area contributed by atoms with Gasteiger partial charge in [0.25, 0.3) is 0 Å². The summed E-state index contributed by atoms with van der Waals surface area (Å²) in [6, 6.07) is 13.2. The maximum atomic E-state index is 12.2. The molecule has 0 spiro atoms. The molecule has 110 valence electrons. The second-order valence-corrected chi connectivity index (χ2v) is 6.95. The zero-order chi connectivity index (χ0) is 15.4. The molecule has 0 atom stereocenters. The number of benzene rings is 2. The molecule has 0 aliphatic heterocycles. The van der Waals surface area contributed by atoms with Gasteiger partial charge in [-0.3, -0.25) is 4.79 Å². The zero-order valence-electron chi connectivity index (χ0n) is 11.9. The Kier molecular flexibility index (Phi) is 5.74. The van der Waals surface area contributed by atoms with Crippen molar-refractivity contribution in [1.29, 1.82) is 0 Å². The maximum absolute atomic E-state index is 12.2. The first kappa shape index (κ1) is 16.4. The number of carbonyl (C=O) groups is 1. The van der Waals surface area contributed by atoms with E-state index in [1.54, 1.807) is 18.2 Å². The van der Waals surface area contributed by atoms with Crippen LogP contribution in [-0.4, -0.2) is 11.5 Å². The Labute approximate surface area is 139 Å². The third-order valence-electron chi connectivity index (χ3n) is 3.15. The molecule has 0 fully saturated rings. The fourth-order valence-electron chi connectivity index (χ4n) is 1.89. The molecular weight excluding hydrogens is 323 g/mol. The number of thioether (sulfide) groups is 1. The summed E-state index contributed by atoms with van der Waals surface area (Å²) >= 11 is 13.5. The number of Topliss-reactive ketones (excluding diaryl/α,β-unsaturated/α-hetero) is 1. The summed E-state index contributed by atoms with van der Waals surface area (Å²) in [7, 11) is 0. The minimum absolute atomic E-state index is 0.0135. The largest absolute Gasteiger partial charge is 0.293 e. The predicted molar refractivity (Wildman–Crippen MR) is 92.0 cm³/mol. The van der Waals surface area contributed by atoms with Crippen LogP contribution in [0.4, 0.5) is 0 Å². The molecule has 2 aromatic rings. The number of carbonyl (C=O) groups excluding carboxylic acids is 1. The minimum Gasteiger partial charge on any atom is -0.293 e. The van der Waals surface area contributed by atoms with Gasteiger partial charge in [0.15, 0.2) is 5.78 Å². The molecule has 0 heterocycles. The summed E-state index contributed by atoms with van der Waals surface area (Å²) in [6.45, 7) is 4.32. The summed E-state index contributed by atoms with van der Waals surface area (Å²) in [5, 5.41) is 0.967. The molecule has 0 aromatic heterocycles. The molecule has 4 heteroatoms. The molecule has 0 amide bonds. The lowest BCUT2D eigenvalue weighted by atomic mass is 10.0. The topological polar surface area (TPSA) is 17.1 Å². The fourth-order valence-corrected chi connectivity index (χ4v) is 3.06. The first-order chi connectivity index (χ1) is 9.97. The van der Waals surface area contributed by atoms with Crippen LogP contribution in [0.25, 0.3) is 0 Å². The van der Waals surface area contributed by atoms with Gasteiger partial charge in [0.1, 0.15) is 0 Å². The van der Waals surface area contributed by atoms with E-state index < -0.39 is 0 Å². The summed E-state index contributed by atoms with van der Waals surface area (Å²) in [5.74, 6) is 0.845. The van der Waals surface area contributed by atoms with E-state index >= 15 is 0 Å². The summed E-state index contributed by atoms with van der Waals surface area (Å²) in [4.78, 5) is 13.3. The monoisotopic (exact) mass is 338 g/mol. The fraction of sp³-hybridized carbons (Fsp3) is 0.235. The highest BCUT2D eigenvalue weighted by atomic mass is 35.5.